The highest BCUT2D eigenvalue weighted by Crippen LogP contribution is 2.17. The van der Waals surface area contributed by atoms with Gasteiger partial charge in [-0.05, 0) is 25.0 Å². The van der Waals surface area contributed by atoms with Crippen LogP contribution < -0.4 is 10.9 Å². The van der Waals surface area contributed by atoms with Gasteiger partial charge in [0.1, 0.15) is 12.1 Å². The van der Waals surface area contributed by atoms with Gasteiger partial charge < -0.3 is 5.32 Å². The normalized spacial score (nSPS) is 16.0. The molecule has 1 saturated carbocycles. The number of fused-ring (bicyclic) bond motifs is 1. The second kappa shape index (κ2) is 6.03. The Hall–Kier alpha value is -2.24. The Morgan fingerprint density at radius 2 is 2.10 bits per heavy atom. The first-order valence-corrected chi connectivity index (χ1v) is 7.34. The smallest absolute Gasteiger partial charge is 0.271 e. The average Bonchev–Trinajstić information content (AvgIpc) is 2.51. The molecule has 6 heteroatoms. The number of nitrogens with zero attached hydrogens (tertiary/aromatic N) is 3. The molecule has 0 atom stereocenters. The monoisotopic (exact) mass is 286 g/mol. The fourth-order valence-electron chi connectivity index (χ4n) is 2.81. The summed E-state index contributed by atoms with van der Waals surface area (Å²) in [5.41, 5.74) is 0.756. The van der Waals surface area contributed by atoms with Gasteiger partial charge in [0.25, 0.3) is 5.56 Å². The summed E-state index contributed by atoms with van der Waals surface area (Å²) in [5, 5.41) is 3.01. The van der Waals surface area contributed by atoms with Crippen LogP contribution in [0.1, 0.15) is 32.1 Å². The first kappa shape index (κ1) is 13.7. The summed E-state index contributed by atoms with van der Waals surface area (Å²) in [4.78, 5) is 32.3. The maximum atomic E-state index is 12.2. The highest BCUT2D eigenvalue weighted by atomic mass is 16.2. The van der Waals surface area contributed by atoms with Gasteiger partial charge in [-0.25, -0.2) is 9.97 Å². The quantitative estimate of drug-likeness (QED) is 0.921. The standard InChI is InChI=1S/C15H18N4O2/c20-13(18-11-5-2-1-3-6-11)10-19-14(21)9-17-12-7-4-8-16-15(12)19/h4,7-9,11H,1-3,5-6,10H2,(H,18,20). The van der Waals surface area contributed by atoms with Crippen LogP contribution in [0.5, 0.6) is 0 Å². The van der Waals surface area contributed by atoms with E-state index in [1.807, 2.05) is 0 Å². The molecule has 2 aromatic heterocycles. The fraction of sp³-hybridized carbons (Fsp3) is 0.467. The number of hydrogen-bond donors (Lipinski definition) is 1. The second-order valence-corrected chi connectivity index (χ2v) is 5.43. The molecule has 0 spiro atoms. The van der Waals surface area contributed by atoms with E-state index < -0.39 is 0 Å². The fourth-order valence-corrected chi connectivity index (χ4v) is 2.81. The first-order valence-electron chi connectivity index (χ1n) is 7.34. The van der Waals surface area contributed by atoms with Gasteiger partial charge in [-0.1, -0.05) is 19.3 Å². The summed E-state index contributed by atoms with van der Waals surface area (Å²) in [5.74, 6) is -0.137. The summed E-state index contributed by atoms with van der Waals surface area (Å²) in [6.45, 7) is -0.00856. The molecule has 1 aliphatic rings. The highest BCUT2D eigenvalue weighted by molar-refractivity contribution is 5.78. The topological polar surface area (TPSA) is 76.9 Å². The average molecular weight is 286 g/mol. The van der Waals surface area contributed by atoms with Crippen LogP contribution in [0.15, 0.2) is 29.3 Å². The van der Waals surface area contributed by atoms with Crippen LogP contribution in [0, 0.1) is 0 Å². The van der Waals surface area contributed by atoms with Crippen molar-refractivity contribution in [1.82, 2.24) is 19.9 Å². The van der Waals surface area contributed by atoms with Crippen LogP contribution in [-0.4, -0.2) is 26.5 Å². The number of amides is 1. The molecular weight excluding hydrogens is 268 g/mol. The van der Waals surface area contributed by atoms with E-state index in [-0.39, 0.29) is 24.1 Å². The van der Waals surface area contributed by atoms with Gasteiger partial charge in [0.15, 0.2) is 5.65 Å². The lowest BCUT2D eigenvalue weighted by atomic mass is 9.95. The third-order valence-corrected chi connectivity index (χ3v) is 3.87. The number of hydrogen-bond acceptors (Lipinski definition) is 4. The summed E-state index contributed by atoms with van der Waals surface area (Å²) in [6.07, 6.45) is 8.43. The SMILES string of the molecule is O=C(Cn1c(=O)cnc2cccnc21)NC1CCCCC1. The Labute approximate surface area is 122 Å². The van der Waals surface area contributed by atoms with E-state index in [4.69, 9.17) is 0 Å². The van der Waals surface area contributed by atoms with Gasteiger partial charge in [0.05, 0.1) is 6.20 Å². The Balaban J connectivity index is 1.79. The zero-order valence-corrected chi connectivity index (χ0v) is 11.8. The third kappa shape index (κ3) is 3.09. The zero-order chi connectivity index (χ0) is 14.7. The van der Waals surface area contributed by atoms with Crippen molar-refractivity contribution in [3.05, 3.63) is 34.9 Å². The molecule has 0 unspecified atom stereocenters. The van der Waals surface area contributed by atoms with E-state index in [2.05, 4.69) is 15.3 Å². The molecule has 6 nitrogen and oxygen atoms in total. The number of nitrogens with one attached hydrogen (secondary N) is 1. The number of aromatic nitrogens is 3. The Bertz CT molecular complexity index is 704. The molecule has 1 aliphatic carbocycles. The highest BCUT2D eigenvalue weighted by Gasteiger charge is 2.17. The lowest BCUT2D eigenvalue weighted by Crippen LogP contribution is -2.40. The van der Waals surface area contributed by atoms with E-state index in [0.717, 1.165) is 25.7 Å². The zero-order valence-electron chi connectivity index (χ0n) is 11.8. The molecule has 0 radical (unpaired) electrons. The minimum atomic E-state index is -0.306. The minimum absolute atomic E-state index is 0.00856. The number of pyridine rings is 1. The van der Waals surface area contributed by atoms with Crippen molar-refractivity contribution in [1.29, 1.82) is 0 Å². The Morgan fingerprint density at radius 3 is 2.90 bits per heavy atom. The Kier molecular flexibility index (Phi) is 3.94. The first-order chi connectivity index (χ1) is 10.2. The predicted octanol–water partition coefficient (Wildman–Crippen LogP) is 1.24. The molecule has 0 bridgehead atoms. The van der Waals surface area contributed by atoms with Crippen molar-refractivity contribution in [3.63, 3.8) is 0 Å². The van der Waals surface area contributed by atoms with Crippen molar-refractivity contribution < 1.29 is 4.79 Å². The Morgan fingerprint density at radius 1 is 1.29 bits per heavy atom. The molecule has 1 N–H and O–H groups in total. The molecule has 1 amide bonds. The van der Waals surface area contributed by atoms with E-state index in [0.29, 0.717) is 11.2 Å². The van der Waals surface area contributed by atoms with Crippen molar-refractivity contribution in [2.45, 2.75) is 44.7 Å². The van der Waals surface area contributed by atoms with Crippen LogP contribution in [-0.2, 0) is 11.3 Å². The van der Waals surface area contributed by atoms with Crippen molar-refractivity contribution in [2.24, 2.45) is 0 Å². The van der Waals surface area contributed by atoms with Crippen molar-refractivity contribution in [3.8, 4) is 0 Å². The molecule has 3 rings (SSSR count). The lowest BCUT2D eigenvalue weighted by Gasteiger charge is -2.23. The van der Waals surface area contributed by atoms with Gasteiger partial charge >= 0.3 is 0 Å². The van der Waals surface area contributed by atoms with Gasteiger partial charge in [-0.2, -0.15) is 0 Å². The second-order valence-electron chi connectivity index (χ2n) is 5.43. The van der Waals surface area contributed by atoms with Crippen LogP contribution >= 0.6 is 0 Å². The number of rotatable bonds is 3. The maximum Gasteiger partial charge on any atom is 0.271 e. The maximum absolute atomic E-state index is 12.2. The van der Waals surface area contributed by atoms with E-state index in [1.54, 1.807) is 18.3 Å². The van der Waals surface area contributed by atoms with E-state index >= 15 is 0 Å². The third-order valence-electron chi connectivity index (χ3n) is 3.87. The molecule has 0 aromatic carbocycles. The van der Waals surface area contributed by atoms with Crippen LogP contribution in [0.4, 0.5) is 0 Å². The molecular formula is C15H18N4O2. The molecule has 21 heavy (non-hydrogen) atoms. The van der Waals surface area contributed by atoms with Gasteiger partial charge in [0, 0.05) is 12.2 Å². The molecule has 2 aromatic rings. The van der Waals surface area contributed by atoms with Crippen LogP contribution in [0.25, 0.3) is 11.2 Å². The van der Waals surface area contributed by atoms with Crippen LogP contribution in [0.3, 0.4) is 0 Å². The number of carbonyl (C=O) groups excluding carboxylic acids is 1. The van der Waals surface area contributed by atoms with Gasteiger partial charge in [0.2, 0.25) is 5.91 Å². The summed E-state index contributed by atoms with van der Waals surface area (Å²) in [7, 11) is 0. The molecule has 1 fully saturated rings. The van der Waals surface area contributed by atoms with Gasteiger partial charge in [-0.3, -0.25) is 14.2 Å². The van der Waals surface area contributed by atoms with E-state index in [1.165, 1.54) is 17.2 Å². The van der Waals surface area contributed by atoms with E-state index in [9.17, 15) is 9.59 Å². The predicted molar refractivity (Wildman–Crippen MR) is 78.8 cm³/mol. The summed E-state index contributed by atoms with van der Waals surface area (Å²) < 4.78 is 1.38. The molecule has 0 saturated heterocycles. The van der Waals surface area contributed by atoms with Gasteiger partial charge in [-0.15, -0.1) is 0 Å². The van der Waals surface area contributed by atoms with Crippen molar-refractivity contribution in [2.75, 3.05) is 0 Å². The summed E-state index contributed by atoms with van der Waals surface area (Å²) >= 11 is 0. The number of carbonyl (C=O) groups is 1. The lowest BCUT2D eigenvalue weighted by molar-refractivity contribution is -0.122. The van der Waals surface area contributed by atoms with Crippen molar-refractivity contribution >= 4 is 17.1 Å². The summed E-state index contributed by atoms with van der Waals surface area (Å²) in [6, 6.07) is 3.77. The molecule has 110 valence electrons. The van der Waals surface area contributed by atoms with Crippen LogP contribution in [0.2, 0.25) is 0 Å². The minimum Gasteiger partial charge on any atom is -0.352 e. The molecule has 2 heterocycles. The molecule has 0 aliphatic heterocycles. The largest absolute Gasteiger partial charge is 0.352 e.